The summed E-state index contributed by atoms with van der Waals surface area (Å²) >= 11 is 0. The molecule has 0 fully saturated rings. The Morgan fingerprint density at radius 2 is 1.72 bits per heavy atom. The molecule has 0 saturated carbocycles. The molecule has 7 heteroatoms. The van der Waals surface area contributed by atoms with Crippen LogP contribution in [0.15, 0.2) is 70.1 Å². The number of hydrogen-bond donors (Lipinski definition) is 0. The van der Waals surface area contributed by atoms with Gasteiger partial charge in [0, 0.05) is 24.6 Å². The molecule has 29 heavy (non-hydrogen) atoms. The molecular weight excluding hydrogens is 384 g/mol. The molecule has 1 atom stereocenters. The molecule has 0 spiro atoms. The minimum atomic E-state index is -1.09. The Bertz CT molecular complexity index is 1170. The molecule has 0 radical (unpaired) electrons. The second-order valence-electron chi connectivity index (χ2n) is 6.51. The number of rotatable bonds is 6. The molecule has 4 rings (SSSR count). The number of hydrogen-bond acceptors (Lipinski definition) is 6. The molecule has 0 amide bonds. The number of aryl methyl sites for hydroxylation is 1. The van der Waals surface area contributed by atoms with Crippen molar-refractivity contribution in [2.45, 2.75) is 25.2 Å². The highest BCUT2D eigenvalue weighted by Crippen LogP contribution is 2.29. The Hall–Kier alpha value is -3.19. The van der Waals surface area contributed by atoms with Gasteiger partial charge in [-0.1, -0.05) is 43.3 Å². The van der Waals surface area contributed by atoms with Crippen LogP contribution in [0.25, 0.3) is 34.3 Å². The largest absolute Gasteiger partial charge is 0.415 e. The van der Waals surface area contributed by atoms with Gasteiger partial charge < -0.3 is 4.42 Å². The van der Waals surface area contributed by atoms with Crippen LogP contribution in [0.5, 0.6) is 0 Å². The summed E-state index contributed by atoms with van der Waals surface area (Å²) in [6.07, 6.45) is 2.53. The lowest BCUT2D eigenvalue weighted by Gasteiger charge is -2.09. The van der Waals surface area contributed by atoms with Crippen molar-refractivity contribution in [2.75, 3.05) is 5.75 Å². The van der Waals surface area contributed by atoms with Gasteiger partial charge in [0.2, 0.25) is 5.89 Å². The first-order valence-electron chi connectivity index (χ1n) is 9.38. The zero-order chi connectivity index (χ0) is 20.2. The predicted molar refractivity (Wildman–Crippen MR) is 117 cm³/mol. The number of aromatic nitrogens is 4. The fraction of sp³-hybridized carbons (Fsp3) is 0.182. The molecule has 2 heterocycles. The average molecular weight is 409 g/mol. The minimum Gasteiger partial charge on any atom is -0.415 e. The van der Waals surface area contributed by atoms with Crippen molar-refractivity contribution in [1.82, 2.24) is 20.2 Å². The summed E-state index contributed by atoms with van der Waals surface area (Å²) in [6.45, 7) is 3.86. The van der Waals surface area contributed by atoms with E-state index in [1.165, 1.54) is 0 Å². The van der Waals surface area contributed by atoms with E-state index in [9.17, 15) is 4.21 Å². The maximum Gasteiger partial charge on any atom is 0.268 e. The standard InChI is InChI=1S/C22H20N4O2S.2H2/c1-3-13-29(27)19-12-8-7-11-17(19)18-14-23-15(2)20(24-18)22-26-25-21(28-22)16-9-5-4-6-10-16;;/h4-12,14H,3,13H2,1-2H3;2*1H. The molecule has 150 valence electrons. The Morgan fingerprint density at radius 1 is 1.00 bits per heavy atom. The molecule has 0 N–H and O–H groups in total. The smallest absolute Gasteiger partial charge is 0.268 e. The molecule has 4 aromatic rings. The van der Waals surface area contributed by atoms with Gasteiger partial charge in [0.05, 0.1) is 28.4 Å². The van der Waals surface area contributed by atoms with E-state index in [1.807, 2.05) is 68.4 Å². The van der Waals surface area contributed by atoms with Gasteiger partial charge >= 0.3 is 0 Å². The maximum atomic E-state index is 12.6. The zero-order valence-electron chi connectivity index (χ0n) is 16.2. The number of benzene rings is 2. The zero-order valence-corrected chi connectivity index (χ0v) is 17.0. The van der Waals surface area contributed by atoms with E-state index in [4.69, 9.17) is 9.40 Å². The highest BCUT2D eigenvalue weighted by Gasteiger charge is 2.18. The van der Waals surface area contributed by atoms with Gasteiger partial charge in [0.1, 0.15) is 5.69 Å². The van der Waals surface area contributed by atoms with E-state index in [0.717, 1.165) is 22.4 Å². The maximum absolute atomic E-state index is 12.6. The van der Waals surface area contributed by atoms with E-state index < -0.39 is 10.8 Å². The SMILES string of the molecule is CCCS(=O)c1ccccc1-c1cnc(C)c(-c2nnc(-c3ccccc3)o2)n1.[HH].[HH]. The van der Waals surface area contributed by atoms with Crippen molar-refractivity contribution in [3.8, 4) is 34.3 Å². The lowest BCUT2D eigenvalue weighted by molar-refractivity contribution is 0.581. The third-order valence-corrected chi connectivity index (χ3v) is 6.03. The molecule has 2 aromatic carbocycles. The van der Waals surface area contributed by atoms with E-state index in [0.29, 0.717) is 34.6 Å². The van der Waals surface area contributed by atoms with Crippen molar-refractivity contribution >= 4 is 10.8 Å². The first-order chi connectivity index (χ1) is 14.2. The molecular formula is C22H24N4O2S. The second-order valence-corrected chi connectivity index (χ2v) is 8.05. The summed E-state index contributed by atoms with van der Waals surface area (Å²) in [7, 11) is -1.09. The van der Waals surface area contributed by atoms with Crippen LogP contribution in [0.3, 0.4) is 0 Å². The second kappa shape index (κ2) is 8.45. The molecule has 6 nitrogen and oxygen atoms in total. The van der Waals surface area contributed by atoms with E-state index in [2.05, 4.69) is 15.2 Å². The van der Waals surface area contributed by atoms with Crippen LogP contribution in [0.2, 0.25) is 0 Å². The highest BCUT2D eigenvalue weighted by molar-refractivity contribution is 7.85. The first-order valence-corrected chi connectivity index (χ1v) is 10.7. The average Bonchev–Trinajstić information content (AvgIpc) is 3.25. The predicted octanol–water partition coefficient (Wildman–Crippen LogP) is 5.18. The monoisotopic (exact) mass is 408 g/mol. The van der Waals surface area contributed by atoms with Crippen molar-refractivity contribution in [3.05, 3.63) is 66.5 Å². The molecule has 0 saturated heterocycles. The van der Waals surface area contributed by atoms with Crippen molar-refractivity contribution in [1.29, 1.82) is 0 Å². The van der Waals surface area contributed by atoms with E-state index >= 15 is 0 Å². The third kappa shape index (κ3) is 4.00. The van der Waals surface area contributed by atoms with Gasteiger partial charge in [-0.2, -0.15) is 0 Å². The molecule has 0 aliphatic carbocycles. The Kier molecular flexibility index (Phi) is 5.57. The molecule has 1 unspecified atom stereocenters. The Morgan fingerprint density at radius 3 is 2.52 bits per heavy atom. The fourth-order valence-corrected chi connectivity index (χ4v) is 4.21. The summed E-state index contributed by atoms with van der Waals surface area (Å²) in [6, 6.07) is 17.2. The minimum absolute atomic E-state index is 0. The lowest BCUT2D eigenvalue weighted by atomic mass is 10.1. The molecule has 2 aromatic heterocycles. The summed E-state index contributed by atoms with van der Waals surface area (Å²) in [5, 5.41) is 8.31. The topological polar surface area (TPSA) is 81.8 Å². The van der Waals surface area contributed by atoms with E-state index in [1.54, 1.807) is 6.20 Å². The van der Waals surface area contributed by atoms with Gasteiger partial charge in [-0.3, -0.25) is 9.19 Å². The van der Waals surface area contributed by atoms with Crippen LogP contribution in [0.4, 0.5) is 0 Å². The summed E-state index contributed by atoms with van der Waals surface area (Å²) < 4.78 is 18.5. The van der Waals surface area contributed by atoms with Crippen LogP contribution >= 0.6 is 0 Å². The van der Waals surface area contributed by atoms with Gasteiger partial charge in [-0.25, -0.2) is 4.98 Å². The van der Waals surface area contributed by atoms with Crippen molar-refractivity contribution in [2.24, 2.45) is 0 Å². The first kappa shape index (κ1) is 19.1. The Labute approximate surface area is 174 Å². The van der Waals surface area contributed by atoms with Crippen molar-refractivity contribution < 1.29 is 11.5 Å². The molecule has 0 aliphatic rings. The highest BCUT2D eigenvalue weighted by atomic mass is 32.2. The molecule has 0 bridgehead atoms. The third-order valence-electron chi connectivity index (χ3n) is 4.40. The van der Waals surface area contributed by atoms with Crippen LogP contribution in [-0.4, -0.2) is 30.1 Å². The summed E-state index contributed by atoms with van der Waals surface area (Å²) in [5.41, 5.74) is 3.48. The normalized spacial score (nSPS) is 12.1. The van der Waals surface area contributed by atoms with Gasteiger partial charge in [-0.05, 0) is 31.5 Å². The Balaban J connectivity index is 0.00000171. The van der Waals surface area contributed by atoms with Crippen LogP contribution in [0.1, 0.15) is 21.9 Å². The lowest BCUT2D eigenvalue weighted by Crippen LogP contribution is -2.01. The number of nitrogens with zero attached hydrogens (tertiary/aromatic N) is 4. The van der Waals surface area contributed by atoms with Gasteiger partial charge in [-0.15, -0.1) is 10.2 Å². The van der Waals surface area contributed by atoms with Crippen molar-refractivity contribution in [3.63, 3.8) is 0 Å². The van der Waals surface area contributed by atoms with Crippen LogP contribution in [0, 0.1) is 6.92 Å². The summed E-state index contributed by atoms with van der Waals surface area (Å²) in [5.74, 6) is 1.34. The van der Waals surface area contributed by atoms with Crippen LogP contribution < -0.4 is 0 Å². The summed E-state index contributed by atoms with van der Waals surface area (Å²) in [4.78, 5) is 9.96. The van der Waals surface area contributed by atoms with Crippen LogP contribution in [-0.2, 0) is 10.8 Å². The van der Waals surface area contributed by atoms with E-state index in [-0.39, 0.29) is 2.85 Å². The van der Waals surface area contributed by atoms with Gasteiger partial charge in [0.25, 0.3) is 5.89 Å². The van der Waals surface area contributed by atoms with Gasteiger partial charge in [0.15, 0.2) is 0 Å². The fourth-order valence-electron chi connectivity index (χ4n) is 2.97. The quantitative estimate of drug-likeness (QED) is 0.437. The molecule has 0 aliphatic heterocycles.